The van der Waals surface area contributed by atoms with Crippen LogP contribution in [0.15, 0.2) is 12.2 Å². The third-order valence-corrected chi connectivity index (χ3v) is 3.86. The Hall–Kier alpha value is -0.300. The van der Waals surface area contributed by atoms with Crippen LogP contribution < -0.4 is 0 Å². The lowest BCUT2D eigenvalue weighted by atomic mass is 9.67. The molecule has 0 bridgehead atoms. The van der Waals surface area contributed by atoms with Crippen LogP contribution in [-0.4, -0.2) is 10.7 Å². The van der Waals surface area contributed by atoms with Gasteiger partial charge in [-0.25, -0.2) is 0 Å². The molecule has 0 aliphatic heterocycles. The summed E-state index contributed by atoms with van der Waals surface area (Å²) in [5.74, 6) is 2.17. The van der Waals surface area contributed by atoms with Gasteiger partial charge in [0, 0.05) is 0 Å². The number of aliphatic hydroxyl groups is 1. The highest BCUT2D eigenvalue weighted by molar-refractivity contribution is 5.08. The van der Waals surface area contributed by atoms with Crippen molar-refractivity contribution in [3.63, 3.8) is 0 Å². The summed E-state index contributed by atoms with van der Waals surface area (Å²) in [4.78, 5) is 0. The first-order valence-corrected chi connectivity index (χ1v) is 6.77. The van der Waals surface area contributed by atoms with Gasteiger partial charge in [0.1, 0.15) is 0 Å². The van der Waals surface area contributed by atoms with Crippen LogP contribution in [0, 0.1) is 23.7 Å². The van der Waals surface area contributed by atoms with Gasteiger partial charge in [-0.3, -0.25) is 0 Å². The van der Waals surface area contributed by atoms with Crippen molar-refractivity contribution >= 4 is 0 Å². The van der Waals surface area contributed by atoms with Crippen LogP contribution in [0.1, 0.15) is 53.9 Å². The third kappa shape index (κ3) is 3.35. The van der Waals surface area contributed by atoms with Crippen LogP contribution >= 0.6 is 0 Å². The lowest BCUT2D eigenvalue weighted by Crippen LogP contribution is -2.43. The Labute approximate surface area is 101 Å². The maximum atomic E-state index is 10.8. The normalized spacial score (nSPS) is 36.5. The minimum Gasteiger partial charge on any atom is -0.385 e. The van der Waals surface area contributed by atoms with Crippen LogP contribution in [0.3, 0.4) is 0 Å². The molecule has 1 N–H and O–H groups in total. The predicted molar refractivity (Wildman–Crippen MR) is 70.3 cm³/mol. The number of rotatable bonds is 3. The first-order valence-electron chi connectivity index (χ1n) is 6.77. The molecule has 1 rings (SSSR count). The van der Waals surface area contributed by atoms with Gasteiger partial charge in [-0.15, -0.1) is 0 Å². The highest BCUT2D eigenvalue weighted by Crippen LogP contribution is 2.41. The third-order valence-electron chi connectivity index (χ3n) is 3.86. The van der Waals surface area contributed by atoms with E-state index in [1.165, 1.54) is 6.42 Å². The molecule has 1 aliphatic rings. The van der Waals surface area contributed by atoms with Crippen LogP contribution in [-0.2, 0) is 0 Å². The molecule has 0 amide bonds. The molecule has 16 heavy (non-hydrogen) atoms. The summed E-state index contributed by atoms with van der Waals surface area (Å²) in [7, 11) is 0. The van der Waals surface area contributed by atoms with Gasteiger partial charge in [-0.1, -0.05) is 53.2 Å². The highest BCUT2D eigenvalue weighted by Gasteiger charge is 2.40. The Balaban J connectivity index is 2.83. The fourth-order valence-electron chi connectivity index (χ4n) is 2.99. The number of hydrogen-bond acceptors (Lipinski definition) is 1. The second kappa shape index (κ2) is 5.35. The Morgan fingerprint density at radius 1 is 1.19 bits per heavy atom. The maximum Gasteiger partial charge on any atom is 0.0860 e. The molecule has 1 saturated carbocycles. The van der Waals surface area contributed by atoms with Crippen molar-refractivity contribution in [3.8, 4) is 0 Å². The van der Waals surface area contributed by atoms with Gasteiger partial charge in [0.2, 0.25) is 0 Å². The summed E-state index contributed by atoms with van der Waals surface area (Å²) in [6, 6.07) is 0. The van der Waals surface area contributed by atoms with Crippen LogP contribution in [0.5, 0.6) is 0 Å². The summed E-state index contributed by atoms with van der Waals surface area (Å²) in [6.07, 6.45) is 7.60. The fraction of sp³-hybridized carbons (Fsp3) is 0.867. The number of hydrogen-bond donors (Lipinski definition) is 1. The molecule has 0 aromatic rings. The Bertz CT molecular complexity index is 242. The van der Waals surface area contributed by atoms with Crippen molar-refractivity contribution in [1.82, 2.24) is 0 Å². The monoisotopic (exact) mass is 224 g/mol. The second-order valence-corrected chi connectivity index (χ2v) is 6.33. The van der Waals surface area contributed by atoms with E-state index in [9.17, 15) is 5.11 Å². The van der Waals surface area contributed by atoms with E-state index in [1.807, 2.05) is 0 Å². The van der Waals surface area contributed by atoms with Crippen molar-refractivity contribution in [3.05, 3.63) is 12.2 Å². The van der Waals surface area contributed by atoms with E-state index in [2.05, 4.69) is 46.8 Å². The summed E-state index contributed by atoms with van der Waals surface area (Å²) < 4.78 is 0. The summed E-state index contributed by atoms with van der Waals surface area (Å²) >= 11 is 0. The molecule has 1 heteroatoms. The van der Waals surface area contributed by atoms with Gasteiger partial charge in [-0.05, 0) is 36.5 Å². The smallest absolute Gasteiger partial charge is 0.0860 e. The second-order valence-electron chi connectivity index (χ2n) is 6.33. The molecule has 0 spiro atoms. The molecular formula is C15H28O. The zero-order chi connectivity index (χ0) is 12.3. The van der Waals surface area contributed by atoms with Crippen molar-refractivity contribution in [2.45, 2.75) is 59.5 Å². The van der Waals surface area contributed by atoms with Gasteiger partial charge < -0.3 is 5.11 Å². The van der Waals surface area contributed by atoms with Crippen LogP contribution in [0.4, 0.5) is 0 Å². The Morgan fingerprint density at radius 3 is 2.31 bits per heavy atom. The lowest BCUT2D eigenvalue weighted by Gasteiger charge is -2.43. The molecule has 0 radical (unpaired) electrons. The molecule has 0 aromatic carbocycles. The minimum absolute atomic E-state index is 0.429. The molecule has 1 aliphatic carbocycles. The lowest BCUT2D eigenvalue weighted by molar-refractivity contribution is -0.0410. The van der Waals surface area contributed by atoms with E-state index in [0.717, 1.165) is 12.8 Å². The SMILES string of the molecule is CC(C)/C=C/[C@]1(O)C[C@H](C)CC[C@H]1C(C)C. The molecule has 94 valence electrons. The highest BCUT2D eigenvalue weighted by atomic mass is 16.3. The van der Waals surface area contributed by atoms with Crippen molar-refractivity contribution in [1.29, 1.82) is 0 Å². The largest absolute Gasteiger partial charge is 0.385 e. The molecule has 3 atom stereocenters. The molecular weight excluding hydrogens is 196 g/mol. The molecule has 1 fully saturated rings. The van der Waals surface area contributed by atoms with E-state index in [-0.39, 0.29) is 0 Å². The predicted octanol–water partition coefficient (Wildman–Crippen LogP) is 4.02. The van der Waals surface area contributed by atoms with E-state index in [0.29, 0.717) is 23.7 Å². The van der Waals surface area contributed by atoms with E-state index >= 15 is 0 Å². The maximum absolute atomic E-state index is 10.8. The van der Waals surface area contributed by atoms with Crippen LogP contribution in [0.25, 0.3) is 0 Å². The topological polar surface area (TPSA) is 20.2 Å². The molecule has 0 saturated heterocycles. The van der Waals surface area contributed by atoms with Gasteiger partial charge in [0.05, 0.1) is 5.60 Å². The zero-order valence-corrected chi connectivity index (χ0v) is 11.5. The van der Waals surface area contributed by atoms with E-state index in [4.69, 9.17) is 0 Å². The molecule has 0 aromatic heterocycles. The standard InChI is InChI=1S/C15H28O/c1-11(2)8-9-15(16)10-13(5)6-7-14(15)12(3)4/h8-9,11-14,16H,6-7,10H2,1-5H3/b9-8+/t13-,14+,15+/m1/s1. The molecule has 0 unspecified atom stereocenters. The fourth-order valence-corrected chi connectivity index (χ4v) is 2.99. The van der Waals surface area contributed by atoms with Gasteiger partial charge in [-0.2, -0.15) is 0 Å². The van der Waals surface area contributed by atoms with Gasteiger partial charge in [0.15, 0.2) is 0 Å². The van der Waals surface area contributed by atoms with Gasteiger partial charge >= 0.3 is 0 Å². The van der Waals surface area contributed by atoms with Crippen molar-refractivity contribution < 1.29 is 5.11 Å². The average molecular weight is 224 g/mol. The minimum atomic E-state index is -0.559. The quantitative estimate of drug-likeness (QED) is 0.718. The summed E-state index contributed by atoms with van der Waals surface area (Å²) in [5.41, 5.74) is -0.559. The van der Waals surface area contributed by atoms with E-state index in [1.54, 1.807) is 0 Å². The van der Waals surface area contributed by atoms with Gasteiger partial charge in [0.25, 0.3) is 0 Å². The summed E-state index contributed by atoms with van der Waals surface area (Å²) in [5, 5.41) is 10.8. The van der Waals surface area contributed by atoms with Crippen molar-refractivity contribution in [2.24, 2.45) is 23.7 Å². The molecule has 0 heterocycles. The van der Waals surface area contributed by atoms with E-state index < -0.39 is 5.60 Å². The van der Waals surface area contributed by atoms with Crippen LogP contribution in [0.2, 0.25) is 0 Å². The zero-order valence-electron chi connectivity index (χ0n) is 11.5. The van der Waals surface area contributed by atoms with Crippen molar-refractivity contribution in [2.75, 3.05) is 0 Å². The summed E-state index contributed by atoms with van der Waals surface area (Å²) in [6.45, 7) is 11.0. The Morgan fingerprint density at radius 2 is 1.81 bits per heavy atom. The first-order chi connectivity index (χ1) is 7.35. The Kier molecular flexibility index (Phi) is 4.61. The first kappa shape index (κ1) is 13.8. The molecule has 1 nitrogen and oxygen atoms in total. The average Bonchev–Trinajstić information content (AvgIpc) is 2.14. The number of allylic oxidation sites excluding steroid dienone is 1.